The second-order valence-corrected chi connectivity index (χ2v) is 8.57. The van der Waals surface area contributed by atoms with Crippen molar-refractivity contribution >= 4 is 11.8 Å². The second-order valence-electron chi connectivity index (χ2n) is 8.57. The lowest BCUT2D eigenvalue weighted by Gasteiger charge is -2.37. The van der Waals surface area contributed by atoms with Crippen molar-refractivity contribution in [2.75, 3.05) is 26.2 Å². The van der Waals surface area contributed by atoms with E-state index in [9.17, 15) is 14.0 Å². The number of halogens is 1. The van der Waals surface area contributed by atoms with E-state index in [1.165, 1.54) is 6.07 Å². The summed E-state index contributed by atoms with van der Waals surface area (Å²) >= 11 is 0. The minimum atomic E-state index is -0.346. The number of carbonyl (C=O) groups excluding carboxylic acids is 2. The molecular formula is C21H30FN3O2. The predicted octanol–water partition coefficient (Wildman–Crippen LogP) is 2.19. The van der Waals surface area contributed by atoms with Gasteiger partial charge in [0.15, 0.2) is 0 Å². The fourth-order valence-corrected chi connectivity index (χ4v) is 4.64. The van der Waals surface area contributed by atoms with Gasteiger partial charge in [0.2, 0.25) is 11.8 Å². The highest BCUT2D eigenvalue weighted by Gasteiger charge is 2.52. The smallest absolute Gasteiger partial charge is 0.231 e. The van der Waals surface area contributed by atoms with Gasteiger partial charge in [-0.25, -0.2) is 4.39 Å². The molecule has 0 bridgehead atoms. The van der Waals surface area contributed by atoms with Gasteiger partial charge in [0, 0.05) is 12.6 Å². The molecule has 2 aliphatic rings. The van der Waals surface area contributed by atoms with Crippen LogP contribution in [0.15, 0.2) is 24.3 Å². The Bertz CT molecular complexity index is 698. The molecular weight excluding hydrogens is 345 g/mol. The van der Waals surface area contributed by atoms with Crippen molar-refractivity contribution in [2.24, 2.45) is 17.1 Å². The Balaban J connectivity index is 1.75. The fraction of sp³-hybridized carbons (Fsp3) is 0.619. The summed E-state index contributed by atoms with van der Waals surface area (Å²) in [7, 11) is 0. The molecule has 2 heterocycles. The first kappa shape index (κ1) is 19.8. The molecule has 2 N–H and O–H groups in total. The summed E-state index contributed by atoms with van der Waals surface area (Å²) in [6.45, 7) is 6.66. The van der Waals surface area contributed by atoms with Gasteiger partial charge in [0.25, 0.3) is 0 Å². The molecule has 3 rings (SSSR count). The molecule has 1 spiro atoms. The fourth-order valence-electron chi connectivity index (χ4n) is 4.64. The van der Waals surface area contributed by atoms with E-state index >= 15 is 0 Å². The van der Waals surface area contributed by atoms with Crippen molar-refractivity contribution in [2.45, 2.75) is 45.6 Å². The Morgan fingerprint density at radius 1 is 1.33 bits per heavy atom. The van der Waals surface area contributed by atoms with E-state index in [4.69, 9.17) is 5.73 Å². The first-order valence-corrected chi connectivity index (χ1v) is 9.85. The summed E-state index contributed by atoms with van der Waals surface area (Å²) in [5.74, 6) is 0.0567. The maximum absolute atomic E-state index is 13.6. The van der Waals surface area contributed by atoms with E-state index < -0.39 is 0 Å². The molecule has 5 nitrogen and oxygen atoms in total. The molecule has 2 fully saturated rings. The highest BCUT2D eigenvalue weighted by Crippen LogP contribution is 2.45. The summed E-state index contributed by atoms with van der Waals surface area (Å²) in [6.07, 6.45) is 3.00. The standard InChI is InChI=1S/C21H30FN3O2/c1-15(2)13-25-18(11-16-4-3-5-17(22)10-16)12-21(20(25)27)6-8-24(9-7-21)14-19(23)26/h3-5,10,15,18H,6-9,11-14H2,1-2H3,(H2,23,26)/t18-/m1/s1. The van der Waals surface area contributed by atoms with Crippen molar-refractivity contribution in [1.29, 1.82) is 0 Å². The quantitative estimate of drug-likeness (QED) is 0.829. The number of amides is 2. The molecule has 2 amide bonds. The highest BCUT2D eigenvalue weighted by atomic mass is 19.1. The van der Waals surface area contributed by atoms with Gasteiger partial charge >= 0.3 is 0 Å². The van der Waals surface area contributed by atoms with Crippen LogP contribution in [0.2, 0.25) is 0 Å². The van der Waals surface area contributed by atoms with Crippen LogP contribution in [0, 0.1) is 17.2 Å². The summed E-state index contributed by atoms with van der Waals surface area (Å²) in [6, 6.07) is 6.78. The van der Waals surface area contributed by atoms with Gasteiger partial charge in [-0.3, -0.25) is 14.5 Å². The summed E-state index contributed by atoms with van der Waals surface area (Å²) in [4.78, 5) is 28.6. The van der Waals surface area contributed by atoms with Gasteiger partial charge in [0.05, 0.1) is 12.0 Å². The maximum atomic E-state index is 13.6. The normalized spacial score (nSPS) is 22.7. The Hall–Kier alpha value is -1.95. The van der Waals surface area contributed by atoms with Crippen LogP contribution < -0.4 is 5.73 Å². The first-order chi connectivity index (χ1) is 12.8. The van der Waals surface area contributed by atoms with Crippen molar-refractivity contribution < 1.29 is 14.0 Å². The first-order valence-electron chi connectivity index (χ1n) is 9.85. The number of benzene rings is 1. The third-order valence-electron chi connectivity index (χ3n) is 5.90. The summed E-state index contributed by atoms with van der Waals surface area (Å²) in [5, 5.41) is 0. The lowest BCUT2D eigenvalue weighted by atomic mass is 9.75. The molecule has 0 radical (unpaired) electrons. The van der Waals surface area contributed by atoms with Crippen LogP contribution in [0.5, 0.6) is 0 Å². The Labute approximate surface area is 160 Å². The van der Waals surface area contributed by atoms with E-state index in [0.29, 0.717) is 12.3 Å². The number of nitrogens with zero attached hydrogens (tertiary/aromatic N) is 2. The number of hydrogen-bond donors (Lipinski definition) is 1. The monoisotopic (exact) mass is 375 g/mol. The molecule has 2 saturated heterocycles. The van der Waals surface area contributed by atoms with E-state index in [1.807, 2.05) is 15.9 Å². The molecule has 27 heavy (non-hydrogen) atoms. The predicted molar refractivity (Wildman–Crippen MR) is 102 cm³/mol. The molecule has 0 saturated carbocycles. The maximum Gasteiger partial charge on any atom is 0.231 e. The average Bonchev–Trinajstić information content (AvgIpc) is 2.82. The molecule has 1 aromatic carbocycles. The van der Waals surface area contributed by atoms with Crippen LogP contribution in [0.3, 0.4) is 0 Å². The zero-order chi connectivity index (χ0) is 19.6. The second kappa shape index (κ2) is 7.97. The van der Waals surface area contributed by atoms with E-state index in [0.717, 1.165) is 44.5 Å². The third-order valence-corrected chi connectivity index (χ3v) is 5.90. The zero-order valence-electron chi connectivity index (χ0n) is 16.3. The minimum Gasteiger partial charge on any atom is -0.369 e. The third kappa shape index (κ3) is 4.49. The molecule has 0 aromatic heterocycles. The molecule has 1 aromatic rings. The van der Waals surface area contributed by atoms with Crippen molar-refractivity contribution in [1.82, 2.24) is 9.80 Å². The lowest BCUT2D eigenvalue weighted by Crippen LogP contribution is -2.47. The van der Waals surface area contributed by atoms with Crippen LogP contribution in [-0.2, 0) is 16.0 Å². The summed E-state index contributed by atoms with van der Waals surface area (Å²) in [5.41, 5.74) is 5.89. The van der Waals surface area contributed by atoms with Gasteiger partial charge in [0.1, 0.15) is 5.82 Å². The van der Waals surface area contributed by atoms with Crippen LogP contribution in [-0.4, -0.2) is 53.8 Å². The van der Waals surface area contributed by atoms with Crippen LogP contribution >= 0.6 is 0 Å². The number of carbonyl (C=O) groups is 2. The highest BCUT2D eigenvalue weighted by molar-refractivity contribution is 5.85. The number of primary amides is 1. The Morgan fingerprint density at radius 2 is 2.04 bits per heavy atom. The Kier molecular flexibility index (Phi) is 5.84. The zero-order valence-corrected chi connectivity index (χ0v) is 16.3. The van der Waals surface area contributed by atoms with Crippen molar-refractivity contribution in [3.8, 4) is 0 Å². The van der Waals surface area contributed by atoms with Crippen LogP contribution in [0.25, 0.3) is 0 Å². The minimum absolute atomic E-state index is 0.101. The van der Waals surface area contributed by atoms with Crippen LogP contribution in [0.4, 0.5) is 4.39 Å². The summed E-state index contributed by atoms with van der Waals surface area (Å²) < 4.78 is 13.6. The molecule has 6 heteroatoms. The Morgan fingerprint density at radius 3 is 2.63 bits per heavy atom. The average molecular weight is 375 g/mol. The largest absolute Gasteiger partial charge is 0.369 e. The van der Waals surface area contributed by atoms with Gasteiger partial charge < -0.3 is 10.6 Å². The molecule has 148 valence electrons. The molecule has 1 atom stereocenters. The number of rotatable bonds is 6. The topological polar surface area (TPSA) is 66.6 Å². The number of nitrogens with two attached hydrogens (primary N) is 1. The SMILES string of the molecule is CC(C)CN1C(=O)C2(CCN(CC(N)=O)CC2)C[C@H]1Cc1cccc(F)c1. The van der Waals surface area contributed by atoms with Crippen molar-refractivity contribution in [3.63, 3.8) is 0 Å². The number of likely N-dealkylation sites (tertiary alicyclic amines) is 2. The molecule has 0 aliphatic carbocycles. The van der Waals surface area contributed by atoms with Crippen molar-refractivity contribution in [3.05, 3.63) is 35.6 Å². The van der Waals surface area contributed by atoms with E-state index in [-0.39, 0.29) is 35.6 Å². The van der Waals surface area contributed by atoms with E-state index in [2.05, 4.69) is 13.8 Å². The van der Waals surface area contributed by atoms with Gasteiger partial charge in [-0.1, -0.05) is 26.0 Å². The van der Waals surface area contributed by atoms with Gasteiger partial charge in [-0.05, 0) is 62.4 Å². The number of hydrogen-bond acceptors (Lipinski definition) is 3. The molecule has 2 aliphatic heterocycles. The lowest BCUT2D eigenvalue weighted by molar-refractivity contribution is -0.139. The van der Waals surface area contributed by atoms with Gasteiger partial charge in [-0.15, -0.1) is 0 Å². The van der Waals surface area contributed by atoms with E-state index in [1.54, 1.807) is 12.1 Å². The molecule has 0 unspecified atom stereocenters. The van der Waals surface area contributed by atoms with Gasteiger partial charge in [-0.2, -0.15) is 0 Å². The number of piperidine rings is 1. The van der Waals surface area contributed by atoms with Crippen LogP contribution in [0.1, 0.15) is 38.7 Å².